The van der Waals surface area contributed by atoms with Crippen molar-refractivity contribution in [2.45, 2.75) is 11.8 Å². The number of thioether (sulfide) groups is 1. The lowest BCUT2D eigenvalue weighted by Gasteiger charge is -2.29. The number of benzene rings is 2. The minimum atomic E-state index is -0.668. The van der Waals surface area contributed by atoms with Crippen LogP contribution in [0.15, 0.2) is 59.8 Å². The van der Waals surface area contributed by atoms with Gasteiger partial charge in [0.1, 0.15) is 0 Å². The van der Waals surface area contributed by atoms with Crippen LogP contribution in [-0.4, -0.2) is 39.1 Å². The Kier molecular flexibility index (Phi) is 7.24. The van der Waals surface area contributed by atoms with Crippen molar-refractivity contribution in [1.29, 1.82) is 0 Å². The van der Waals surface area contributed by atoms with Gasteiger partial charge in [0.05, 0.1) is 32.9 Å². The van der Waals surface area contributed by atoms with E-state index in [0.29, 0.717) is 34.1 Å². The minimum absolute atomic E-state index is 0.366. The average molecular weight is 429 g/mol. The zero-order valence-electron chi connectivity index (χ0n) is 17.1. The number of urea groups is 1. The normalized spacial score (nSPS) is 15.8. The van der Waals surface area contributed by atoms with Gasteiger partial charge in [-0.1, -0.05) is 36.4 Å². The number of methoxy groups -OCH3 is 3. The van der Waals surface area contributed by atoms with Gasteiger partial charge in [-0.3, -0.25) is 0 Å². The van der Waals surface area contributed by atoms with Crippen LogP contribution in [0.2, 0.25) is 0 Å². The molecule has 3 rings (SSSR count). The number of hydrogen-bond acceptors (Lipinski definition) is 6. The predicted octanol–water partition coefficient (Wildman–Crippen LogP) is 3.42. The number of carbonyl (C=O) groups excluding carboxylic acids is 2. The summed E-state index contributed by atoms with van der Waals surface area (Å²) < 4.78 is 15.7. The largest absolute Gasteiger partial charge is 0.493 e. The molecule has 2 amide bonds. The fourth-order valence-corrected chi connectivity index (χ4v) is 4.17. The minimum Gasteiger partial charge on any atom is -0.493 e. The van der Waals surface area contributed by atoms with Crippen LogP contribution in [0.1, 0.15) is 17.2 Å². The van der Waals surface area contributed by atoms with E-state index in [0.717, 1.165) is 5.75 Å². The van der Waals surface area contributed by atoms with Crippen LogP contribution in [-0.2, 0) is 15.3 Å². The zero-order valence-corrected chi connectivity index (χ0v) is 17.9. The number of rotatable bonds is 8. The van der Waals surface area contributed by atoms with Crippen molar-refractivity contribution in [3.63, 3.8) is 0 Å². The molecular formula is C22H24N2O5S. The highest BCUT2D eigenvalue weighted by molar-refractivity contribution is 7.98. The third-order valence-corrected chi connectivity index (χ3v) is 5.69. The summed E-state index contributed by atoms with van der Waals surface area (Å²) in [4.78, 5) is 25.0. The van der Waals surface area contributed by atoms with Crippen molar-refractivity contribution >= 4 is 23.8 Å². The van der Waals surface area contributed by atoms with Crippen LogP contribution in [0.3, 0.4) is 0 Å². The van der Waals surface area contributed by atoms with Gasteiger partial charge in [0.25, 0.3) is 0 Å². The third kappa shape index (κ3) is 4.88. The molecule has 0 aliphatic carbocycles. The topological polar surface area (TPSA) is 85.9 Å². The Morgan fingerprint density at radius 3 is 2.40 bits per heavy atom. The van der Waals surface area contributed by atoms with E-state index in [1.807, 2.05) is 30.3 Å². The Morgan fingerprint density at radius 1 is 1.00 bits per heavy atom. The van der Waals surface area contributed by atoms with Gasteiger partial charge in [0.2, 0.25) is 0 Å². The third-order valence-electron chi connectivity index (χ3n) is 4.66. The van der Waals surface area contributed by atoms with Gasteiger partial charge in [-0.25, -0.2) is 9.59 Å². The second-order valence-electron chi connectivity index (χ2n) is 6.51. The summed E-state index contributed by atoms with van der Waals surface area (Å²) in [6, 6.07) is 14.2. The van der Waals surface area contributed by atoms with Gasteiger partial charge in [-0.05, 0) is 23.3 Å². The van der Waals surface area contributed by atoms with Gasteiger partial charge in [0.15, 0.2) is 11.5 Å². The van der Waals surface area contributed by atoms with Gasteiger partial charge in [-0.15, -0.1) is 0 Å². The van der Waals surface area contributed by atoms with E-state index in [1.165, 1.54) is 19.8 Å². The van der Waals surface area contributed by atoms with Crippen molar-refractivity contribution in [3.8, 4) is 11.5 Å². The molecule has 0 bridgehead atoms. The van der Waals surface area contributed by atoms with Crippen LogP contribution in [0, 0.1) is 0 Å². The molecule has 7 nitrogen and oxygen atoms in total. The molecule has 0 unspecified atom stereocenters. The van der Waals surface area contributed by atoms with Crippen LogP contribution in [0.5, 0.6) is 11.5 Å². The van der Waals surface area contributed by atoms with Crippen LogP contribution >= 0.6 is 11.8 Å². The Balaban J connectivity index is 1.92. The van der Waals surface area contributed by atoms with E-state index in [-0.39, 0.29) is 6.03 Å². The first kappa shape index (κ1) is 21.6. The van der Waals surface area contributed by atoms with Crippen molar-refractivity contribution in [3.05, 3.63) is 70.9 Å². The number of amides is 2. The monoisotopic (exact) mass is 428 g/mol. The van der Waals surface area contributed by atoms with Gasteiger partial charge >= 0.3 is 12.0 Å². The number of esters is 1. The molecule has 8 heteroatoms. The van der Waals surface area contributed by atoms with Crippen molar-refractivity contribution in [2.24, 2.45) is 0 Å². The molecule has 0 spiro atoms. The number of hydrogen-bond donors (Lipinski definition) is 2. The van der Waals surface area contributed by atoms with Gasteiger partial charge in [-0.2, -0.15) is 11.8 Å². The van der Waals surface area contributed by atoms with Crippen LogP contribution < -0.4 is 20.1 Å². The van der Waals surface area contributed by atoms with Crippen LogP contribution in [0.25, 0.3) is 0 Å². The number of ether oxygens (including phenoxy) is 3. The van der Waals surface area contributed by atoms with Gasteiger partial charge in [0, 0.05) is 17.2 Å². The summed E-state index contributed by atoms with van der Waals surface area (Å²) in [7, 11) is 4.41. The summed E-state index contributed by atoms with van der Waals surface area (Å²) in [6.45, 7) is 0. The lowest BCUT2D eigenvalue weighted by molar-refractivity contribution is -0.136. The van der Waals surface area contributed by atoms with E-state index in [4.69, 9.17) is 14.2 Å². The molecule has 0 aromatic heterocycles. The first-order valence-electron chi connectivity index (χ1n) is 9.29. The van der Waals surface area contributed by atoms with Crippen molar-refractivity contribution in [2.75, 3.05) is 27.1 Å². The fourth-order valence-electron chi connectivity index (χ4n) is 3.21. The summed E-state index contributed by atoms with van der Waals surface area (Å²) in [6.07, 6.45) is 0. The standard InChI is InChI=1S/C22H24N2O5S/c1-27-17-10-9-15(11-18(17)28-2)20-19(21(25)29-3)16(23-22(26)24-20)13-30-12-14-7-5-4-6-8-14/h4-11,20H,12-13H2,1-3H3,(H2,23,24,26)/t20-/m0/s1. The fraction of sp³-hybridized carbons (Fsp3) is 0.273. The SMILES string of the molecule is COC(=O)C1=C(CSCc2ccccc2)NC(=O)N[C@H]1c1ccc(OC)c(OC)c1. The highest BCUT2D eigenvalue weighted by Gasteiger charge is 2.33. The smallest absolute Gasteiger partial charge is 0.338 e. The second kappa shape index (κ2) is 10.1. The summed E-state index contributed by atoms with van der Waals surface area (Å²) >= 11 is 1.60. The lowest BCUT2D eigenvalue weighted by atomic mass is 9.95. The zero-order chi connectivity index (χ0) is 21.5. The summed E-state index contributed by atoms with van der Waals surface area (Å²) in [5.41, 5.74) is 2.75. The van der Waals surface area contributed by atoms with Gasteiger partial charge < -0.3 is 24.8 Å². The predicted molar refractivity (Wildman–Crippen MR) is 116 cm³/mol. The van der Waals surface area contributed by atoms with E-state index in [9.17, 15) is 9.59 Å². The molecule has 1 heterocycles. The molecule has 2 N–H and O–H groups in total. The van der Waals surface area contributed by atoms with E-state index >= 15 is 0 Å². The summed E-state index contributed by atoms with van der Waals surface area (Å²) in [5, 5.41) is 5.58. The maximum absolute atomic E-state index is 12.6. The summed E-state index contributed by atoms with van der Waals surface area (Å²) in [5.74, 6) is 1.77. The molecule has 1 aliphatic heterocycles. The Morgan fingerprint density at radius 2 is 1.73 bits per heavy atom. The molecule has 0 fully saturated rings. The van der Waals surface area contributed by atoms with Crippen LogP contribution in [0.4, 0.5) is 4.79 Å². The Bertz CT molecular complexity index is 946. The Hall–Kier alpha value is -3.13. The lowest BCUT2D eigenvalue weighted by Crippen LogP contribution is -2.46. The highest BCUT2D eigenvalue weighted by atomic mass is 32.2. The van der Waals surface area contributed by atoms with E-state index < -0.39 is 12.0 Å². The molecule has 158 valence electrons. The molecule has 0 saturated carbocycles. The molecule has 0 radical (unpaired) electrons. The van der Waals surface area contributed by atoms with E-state index in [2.05, 4.69) is 10.6 Å². The molecule has 1 atom stereocenters. The van der Waals surface area contributed by atoms with Crippen molar-refractivity contribution in [1.82, 2.24) is 10.6 Å². The molecule has 0 saturated heterocycles. The molecule has 1 aliphatic rings. The molecule has 2 aromatic carbocycles. The number of nitrogens with one attached hydrogen (secondary N) is 2. The first-order chi connectivity index (χ1) is 14.6. The quantitative estimate of drug-likeness (QED) is 0.627. The van der Waals surface area contributed by atoms with E-state index in [1.54, 1.807) is 37.1 Å². The Labute approximate surface area is 179 Å². The first-order valence-corrected chi connectivity index (χ1v) is 10.4. The highest BCUT2D eigenvalue weighted by Crippen LogP contribution is 2.35. The molecular weight excluding hydrogens is 404 g/mol. The second-order valence-corrected chi connectivity index (χ2v) is 7.49. The molecule has 2 aromatic rings. The maximum atomic E-state index is 12.6. The maximum Gasteiger partial charge on any atom is 0.338 e. The average Bonchev–Trinajstić information content (AvgIpc) is 2.78. The molecule has 30 heavy (non-hydrogen) atoms. The van der Waals surface area contributed by atoms with Crippen molar-refractivity contribution < 1.29 is 23.8 Å². The number of carbonyl (C=O) groups is 2.